The van der Waals surface area contributed by atoms with Crippen LogP contribution in [0.25, 0.3) is 6.08 Å². The molecule has 1 fully saturated rings. The summed E-state index contributed by atoms with van der Waals surface area (Å²) in [6.07, 6.45) is 6.11. The molecule has 1 nitrogen and oxygen atoms in total. The molecule has 0 bridgehead atoms. The van der Waals surface area contributed by atoms with Gasteiger partial charge in [-0.3, -0.25) is 0 Å². The topological polar surface area (TPSA) is 12.0 Å². The molecule has 1 saturated heterocycles. The number of rotatable bonds is 1. The van der Waals surface area contributed by atoms with Gasteiger partial charge in [-0.05, 0) is 37.8 Å². The molecule has 0 amide bonds. The van der Waals surface area contributed by atoms with Gasteiger partial charge in [-0.2, -0.15) is 0 Å². The molecule has 0 saturated carbocycles. The highest BCUT2D eigenvalue weighted by molar-refractivity contribution is 5.53. The van der Waals surface area contributed by atoms with E-state index in [0.29, 0.717) is 0 Å². The molecule has 0 spiro atoms. The Hall–Kier alpha value is -1.24. The first-order chi connectivity index (χ1) is 6.84. The van der Waals surface area contributed by atoms with Gasteiger partial charge in [0.2, 0.25) is 0 Å². The molecular formula is C13H17N. The van der Waals surface area contributed by atoms with Crippen LogP contribution >= 0.6 is 0 Å². The third-order valence-corrected chi connectivity index (χ3v) is 2.61. The minimum absolute atomic E-state index is 1.14. The second kappa shape index (κ2) is 4.32. The fourth-order valence-corrected chi connectivity index (χ4v) is 1.86. The van der Waals surface area contributed by atoms with E-state index in [9.17, 15) is 0 Å². The Labute approximate surface area is 85.8 Å². The summed E-state index contributed by atoms with van der Waals surface area (Å²) < 4.78 is 0. The van der Waals surface area contributed by atoms with Gasteiger partial charge in [0.25, 0.3) is 0 Å². The molecule has 0 unspecified atom stereocenters. The molecular weight excluding hydrogens is 170 g/mol. The van der Waals surface area contributed by atoms with Crippen molar-refractivity contribution in [1.29, 1.82) is 0 Å². The van der Waals surface area contributed by atoms with Crippen LogP contribution in [-0.2, 0) is 0 Å². The van der Waals surface area contributed by atoms with Crippen LogP contribution in [0.5, 0.6) is 0 Å². The Morgan fingerprint density at radius 1 is 1.29 bits per heavy atom. The van der Waals surface area contributed by atoms with Crippen LogP contribution in [0.2, 0.25) is 0 Å². The van der Waals surface area contributed by atoms with Gasteiger partial charge in [-0.15, -0.1) is 0 Å². The fraction of sp³-hybridized carbons (Fsp3) is 0.385. The molecule has 1 heterocycles. The van der Waals surface area contributed by atoms with Crippen molar-refractivity contribution in [3.05, 3.63) is 41.1 Å². The van der Waals surface area contributed by atoms with Gasteiger partial charge in [0.15, 0.2) is 0 Å². The van der Waals surface area contributed by atoms with Crippen molar-refractivity contribution in [3.63, 3.8) is 0 Å². The third-order valence-electron chi connectivity index (χ3n) is 2.61. The molecule has 1 heteroatoms. The highest BCUT2D eigenvalue weighted by atomic mass is 14.9. The zero-order valence-corrected chi connectivity index (χ0v) is 8.72. The van der Waals surface area contributed by atoms with E-state index < -0.39 is 0 Å². The summed E-state index contributed by atoms with van der Waals surface area (Å²) in [5.41, 5.74) is 4.03. The maximum absolute atomic E-state index is 3.45. The molecule has 2 rings (SSSR count). The Balaban J connectivity index is 2.15. The average Bonchev–Trinajstić information content (AvgIpc) is 2.19. The summed E-state index contributed by atoms with van der Waals surface area (Å²) >= 11 is 0. The number of nitrogens with one attached hydrogen (secondary N) is 1. The van der Waals surface area contributed by atoms with Crippen molar-refractivity contribution in [2.75, 3.05) is 6.54 Å². The molecule has 0 radical (unpaired) electrons. The van der Waals surface area contributed by atoms with Gasteiger partial charge < -0.3 is 5.32 Å². The lowest BCUT2D eigenvalue weighted by molar-refractivity contribution is 0.592. The van der Waals surface area contributed by atoms with Gasteiger partial charge in [-0.1, -0.05) is 29.8 Å². The van der Waals surface area contributed by atoms with Crippen LogP contribution in [-0.4, -0.2) is 6.54 Å². The minimum atomic E-state index is 1.14. The van der Waals surface area contributed by atoms with Crippen molar-refractivity contribution >= 4 is 6.08 Å². The monoisotopic (exact) mass is 187 g/mol. The van der Waals surface area contributed by atoms with Gasteiger partial charge in [0.1, 0.15) is 0 Å². The molecule has 1 aliphatic heterocycles. The molecule has 74 valence electrons. The summed E-state index contributed by atoms with van der Waals surface area (Å²) in [5, 5.41) is 3.45. The first-order valence-electron chi connectivity index (χ1n) is 5.36. The quantitative estimate of drug-likeness (QED) is 0.712. The summed E-state index contributed by atoms with van der Waals surface area (Å²) in [4.78, 5) is 0. The zero-order valence-electron chi connectivity index (χ0n) is 8.72. The standard InChI is InChI=1S/C13H17N/c1-11-5-4-6-12(9-11)10-13-7-2-3-8-14-13/h4-6,9-10,14H,2-3,7-8H2,1H3. The summed E-state index contributed by atoms with van der Waals surface area (Å²) in [7, 11) is 0. The van der Waals surface area contributed by atoms with E-state index >= 15 is 0 Å². The van der Waals surface area contributed by atoms with Gasteiger partial charge >= 0.3 is 0 Å². The van der Waals surface area contributed by atoms with Crippen LogP contribution < -0.4 is 5.32 Å². The zero-order chi connectivity index (χ0) is 9.80. The molecule has 1 N–H and O–H groups in total. The summed E-state index contributed by atoms with van der Waals surface area (Å²) in [6.45, 7) is 3.27. The van der Waals surface area contributed by atoms with Crippen LogP contribution in [0, 0.1) is 6.92 Å². The lowest BCUT2D eigenvalue weighted by Crippen LogP contribution is -2.19. The summed E-state index contributed by atoms with van der Waals surface area (Å²) in [6, 6.07) is 8.64. The van der Waals surface area contributed by atoms with Crippen molar-refractivity contribution in [2.24, 2.45) is 0 Å². The molecule has 1 aromatic carbocycles. The van der Waals surface area contributed by atoms with E-state index in [0.717, 1.165) is 6.54 Å². The Morgan fingerprint density at radius 3 is 2.93 bits per heavy atom. The smallest absolute Gasteiger partial charge is 0.0144 e. The second-order valence-electron chi connectivity index (χ2n) is 3.97. The van der Waals surface area contributed by atoms with Crippen molar-refractivity contribution in [1.82, 2.24) is 5.32 Å². The van der Waals surface area contributed by atoms with Crippen LogP contribution in [0.3, 0.4) is 0 Å². The largest absolute Gasteiger partial charge is 0.388 e. The maximum Gasteiger partial charge on any atom is 0.0144 e. The van der Waals surface area contributed by atoms with E-state index in [1.165, 1.54) is 36.1 Å². The third kappa shape index (κ3) is 2.38. The van der Waals surface area contributed by atoms with Crippen molar-refractivity contribution in [3.8, 4) is 0 Å². The van der Waals surface area contributed by atoms with Crippen LogP contribution in [0.1, 0.15) is 30.4 Å². The van der Waals surface area contributed by atoms with E-state index in [2.05, 4.69) is 42.6 Å². The predicted octanol–water partition coefficient (Wildman–Crippen LogP) is 3.11. The van der Waals surface area contributed by atoms with E-state index in [-0.39, 0.29) is 0 Å². The number of hydrogen-bond donors (Lipinski definition) is 1. The Morgan fingerprint density at radius 2 is 2.21 bits per heavy atom. The minimum Gasteiger partial charge on any atom is -0.388 e. The number of hydrogen-bond acceptors (Lipinski definition) is 1. The lowest BCUT2D eigenvalue weighted by atomic mass is 10.1. The predicted molar refractivity (Wildman–Crippen MR) is 61.0 cm³/mol. The van der Waals surface area contributed by atoms with Crippen molar-refractivity contribution < 1.29 is 0 Å². The van der Waals surface area contributed by atoms with Gasteiger partial charge in [0.05, 0.1) is 0 Å². The van der Waals surface area contributed by atoms with Gasteiger partial charge in [-0.25, -0.2) is 0 Å². The second-order valence-corrected chi connectivity index (χ2v) is 3.97. The Bertz CT molecular complexity index is 331. The number of piperidine rings is 1. The highest BCUT2D eigenvalue weighted by Gasteiger charge is 2.03. The highest BCUT2D eigenvalue weighted by Crippen LogP contribution is 2.15. The average molecular weight is 187 g/mol. The molecule has 0 aromatic heterocycles. The Kier molecular flexibility index (Phi) is 2.87. The molecule has 1 aliphatic rings. The SMILES string of the molecule is Cc1cccc(C=C2CCCCN2)c1. The van der Waals surface area contributed by atoms with Gasteiger partial charge in [0, 0.05) is 12.2 Å². The number of aryl methyl sites for hydroxylation is 1. The molecule has 1 aromatic rings. The number of benzene rings is 1. The van der Waals surface area contributed by atoms with Crippen molar-refractivity contribution in [2.45, 2.75) is 26.2 Å². The first-order valence-corrected chi connectivity index (χ1v) is 5.36. The van der Waals surface area contributed by atoms with Crippen LogP contribution in [0.4, 0.5) is 0 Å². The summed E-state index contributed by atoms with van der Waals surface area (Å²) in [5.74, 6) is 0. The number of allylic oxidation sites excluding steroid dienone is 1. The normalized spacial score (nSPS) is 19.4. The van der Waals surface area contributed by atoms with E-state index in [4.69, 9.17) is 0 Å². The lowest BCUT2D eigenvalue weighted by Gasteiger charge is -2.16. The molecule has 14 heavy (non-hydrogen) atoms. The maximum atomic E-state index is 3.45. The van der Waals surface area contributed by atoms with Crippen LogP contribution in [0.15, 0.2) is 30.0 Å². The molecule has 0 atom stereocenters. The van der Waals surface area contributed by atoms with E-state index in [1.54, 1.807) is 0 Å². The van der Waals surface area contributed by atoms with E-state index in [1.807, 2.05) is 0 Å². The first kappa shape index (κ1) is 9.32. The fourth-order valence-electron chi connectivity index (χ4n) is 1.86. The molecule has 0 aliphatic carbocycles.